The Labute approximate surface area is 201 Å². The van der Waals surface area contributed by atoms with Crippen molar-refractivity contribution in [1.82, 2.24) is 4.90 Å². The molecule has 3 aromatic rings. The first-order valence-electron chi connectivity index (χ1n) is 10.8. The molecule has 4 heterocycles. The Bertz CT molecular complexity index is 1160. The lowest BCUT2D eigenvalue weighted by atomic mass is 10.1. The van der Waals surface area contributed by atoms with Gasteiger partial charge in [-0.2, -0.15) is 0 Å². The Morgan fingerprint density at radius 2 is 1.25 bits per heavy atom. The number of carbonyl (C=O) groups is 2. The maximum Gasteiger partial charge on any atom is 0.263 e. The molecule has 0 bridgehead atoms. The predicted molar refractivity (Wildman–Crippen MR) is 136 cm³/mol. The number of amides is 2. The molecule has 0 fully saturated rings. The maximum atomic E-state index is 13.4. The second kappa shape index (κ2) is 9.88. The van der Waals surface area contributed by atoms with Crippen LogP contribution in [-0.4, -0.2) is 23.3 Å². The quantitative estimate of drug-likeness (QED) is 0.187. The molecule has 1 aliphatic rings. The summed E-state index contributed by atoms with van der Waals surface area (Å²) in [7, 11) is 0. The van der Waals surface area contributed by atoms with Crippen LogP contribution in [0.5, 0.6) is 0 Å². The lowest BCUT2D eigenvalue weighted by Crippen LogP contribution is -2.31. The van der Waals surface area contributed by atoms with E-state index in [-0.39, 0.29) is 11.8 Å². The monoisotopic (exact) mass is 477 g/mol. The summed E-state index contributed by atoms with van der Waals surface area (Å²) in [6.07, 6.45) is 17.7. The minimum Gasteiger partial charge on any atom is -0.274 e. The number of rotatable bonds is 9. The van der Waals surface area contributed by atoms with Gasteiger partial charge in [-0.25, -0.2) is 0 Å². The highest BCUT2D eigenvalue weighted by atomic mass is 32.1. The zero-order chi connectivity index (χ0) is 22.7. The van der Waals surface area contributed by atoms with Crippen molar-refractivity contribution in [2.75, 3.05) is 6.54 Å². The Morgan fingerprint density at radius 3 is 1.72 bits per heavy atom. The normalized spacial score (nSPS) is 12.8. The number of thiophene rings is 3. The molecule has 6 heteroatoms. The Kier molecular flexibility index (Phi) is 6.96. The number of hydrogen-bond donors (Lipinski definition) is 0. The molecule has 4 rings (SSSR count). The van der Waals surface area contributed by atoms with E-state index < -0.39 is 0 Å². The van der Waals surface area contributed by atoms with Gasteiger partial charge in [-0.1, -0.05) is 50.9 Å². The Hall–Kier alpha value is -2.64. The van der Waals surface area contributed by atoms with Crippen molar-refractivity contribution in [2.45, 2.75) is 45.4 Å². The third-order valence-corrected chi connectivity index (χ3v) is 9.09. The van der Waals surface area contributed by atoms with Crippen molar-refractivity contribution in [1.29, 1.82) is 0 Å². The fourth-order valence-corrected chi connectivity index (χ4v) is 7.03. The van der Waals surface area contributed by atoms with Gasteiger partial charge in [-0.3, -0.25) is 14.5 Å². The summed E-state index contributed by atoms with van der Waals surface area (Å²) in [6, 6.07) is 7.63. The van der Waals surface area contributed by atoms with Gasteiger partial charge >= 0.3 is 0 Å². The van der Waals surface area contributed by atoms with E-state index in [1.54, 1.807) is 0 Å². The van der Waals surface area contributed by atoms with Gasteiger partial charge < -0.3 is 0 Å². The minimum atomic E-state index is -0.194. The first-order chi connectivity index (χ1) is 15.6. The van der Waals surface area contributed by atoms with Crippen molar-refractivity contribution < 1.29 is 9.59 Å². The number of fused-ring (bicyclic) bond motifs is 1. The molecule has 0 aliphatic carbocycles. The molecule has 0 radical (unpaired) electrons. The summed E-state index contributed by atoms with van der Waals surface area (Å²) >= 11 is 4.41. The number of hydrogen-bond acceptors (Lipinski definition) is 5. The molecule has 0 aromatic carbocycles. The van der Waals surface area contributed by atoms with E-state index in [0.29, 0.717) is 17.7 Å². The lowest BCUT2D eigenvalue weighted by Gasteiger charge is -2.14. The molecule has 0 N–H and O–H groups in total. The average Bonchev–Trinajstić information content (AvgIpc) is 3.57. The summed E-state index contributed by atoms with van der Waals surface area (Å²) in [5.74, 6) is 4.92. The van der Waals surface area contributed by atoms with Gasteiger partial charge in [0.15, 0.2) is 0 Å². The number of imide groups is 1. The number of nitrogens with zero attached hydrogens (tertiary/aromatic N) is 1. The van der Waals surface area contributed by atoms with Crippen molar-refractivity contribution in [2.24, 2.45) is 0 Å². The van der Waals surface area contributed by atoms with Gasteiger partial charge in [0.1, 0.15) is 0 Å². The average molecular weight is 478 g/mol. The second-order valence-electron chi connectivity index (χ2n) is 7.66. The Morgan fingerprint density at radius 1 is 0.750 bits per heavy atom. The van der Waals surface area contributed by atoms with Crippen LogP contribution in [0.2, 0.25) is 0 Å². The highest BCUT2D eigenvalue weighted by Crippen LogP contribution is 2.49. The van der Waals surface area contributed by atoms with E-state index in [2.05, 4.69) is 18.8 Å². The second-order valence-corrected chi connectivity index (χ2v) is 10.8. The molecule has 2 amide bonds. The van der Waals surface area contributed by atoms with Crippen LogP contribution >= 0.6 is 34.0 Å². The summed E-state index contributed by atoms with van der Waals surface area (Å²) in [6.45, 7) is 2.65. The van der Waals surface area contributed by atoms with Crippen molar-refractivity contribution in [3.63, 3.8) is 0 Å². The maximum absolute atomic E-state index is 13.4. The topological polar surface area (TPSA) is 37.4 Å². The number of carbonyl (C=O) groups excluding carboxylic acids is 2. The SMILES string of the molecule is C#Cc1ccc(-c2sc(-c3ccc(C#C)s3)c3c2C(=O)N(CCCCCCCC)C3=O)s1. The summed E-state index contributed by atoms with van der Waals surface area (Å²) in [4.78, 5) is 33.3. The molecule has 0 saturated carbocycles. The van der Waals surface area contributed by atoms with E-state index >= 15 is 0 Å². The fourth-order valence-electron chi connectivity index (χ4n) is 3.88. The summed E-state index contributed by atoms with van der Waals surface area (Å²) in [5, 5.41) is 0. The molecule has 162 valence electrons. The van der Waals surface area contributed by atoms with Crippen LogP contribution in [0, 0.1) is 24.7 Å². The first kappa shape index (κ1) is 22.6. The van der Waals surface area contributed by atoms with Gasteiger partial charge in [-0.05, 0) is 30.7 Å². The molecule has 1 aliphatic heterocycles. The third-order valence-electron chi connectivity index (χ3n) is 5.51. The van der Waals surface area contributed by atoms with Crippen LogP contribution in [0.15, 0.2) is 24.3 Å². The van der Waals surface area contributed by atoms with E-state index in [0.717, 1.165) is 48.5 Å². The molecule has 0 spiro atoms. The highest BCUT2D eigenvalue weighted by molar-refractivity contribution is 7.27. The van der Waals surface area contributed by atoms with Crippen molar-refractivity contribution in [3.8, 4) is 44.2 Å². The van der Waals surface area contributed by atoms with E-state index in [1.165, 1.54) is 58.2 Å². The molecule has 0 atom stereocenters. The molecule has 0 unspecified atom stereocenters. The van der Waals surface area contributed by atoms with Crippen molar-refractivity contribution in [3.05, 3.63) is 45.1 Å². The van der Waals surface area contributed by atoms with Crippen LogP contribution in [0.4, 0.5) is 0 Å². The molecule has 3 aromatic heterocycles. The van der Waals surface area contributed by atoms with Crippen LogP contribution in [0.3, 0.4) is 0 Å². The largest absolute Gasteiger partial charge is 0.274 e. The first-order valence-corrected chi connectivity index (χ1v) is 13.2. The highest BCUT2D eigenvalue weighted by Gasteiger charge is 2.42. The van der Waals surface area contributed by atoms with Crippen LogP contribution < -0.4 is 0 Å². The van der Waals surface area contributed by atoms with Gasteiger partial charge in [0.2, 0.25) is 0 Å². The molecule has 32 heavy (non-hydrogen) atoms. The minimum absolute atomic E-state index is 0.194. The van der Waals surface area contributed by atoms with Crippen LogP contribution in [0.1, 0.15) is 75.9 Å². The predicted octanol–water partition coefficient (Wildman–Crippen LogP) is 7.12. The van der Waals surface area contributed by atoms with Crippen molar-refractivity contribution >= 4 is 45.8 Å². The van der Waals surface area contributed by atoms with Crippen LogP contribution in [0.25, 0.3) is 19.5 Å². The van der Waals surface area contributed by atoms with Gasteiger partial charge in [0.25, 0.3) is 11.8 Å². The van der Waals surface area contributed by atoms with Gasteiger partial charge in [0.05, 0.1) is 30.6 Å². The zero-order valence-electron chi connectivity index (χ0n) is 17.9. The summed E-state index contributed by atoms with van der Waals surface area (Å²) in [5.41, 5.74) is 1.03. The van der Waals surface area contributed by atoms with E-state index in [4.69, 9.17) is 12.8 Å². The Balaban J connectivity index is 1.68. The van der Waals surface area contributed by atoms with E-state index in [1.807, 2.05) is 24.3 Å². The molecular weight excluding hydrogens is 454 g/mol. The fraction of sp³-hybridized carbons (Fsp3) is 0.308. The van der Waals surface area contributed by atoms with Gasteiger partial charge in [-0.15, -0.1) is 46.9 Å². The molecular formula is C26H23NO2S3. The molecule has 0 saturated heterocycles. The smallest absolute Gasteiger partial charge is 0.263 e. The number of terminal acetylenes is 2. The van der Waals surface area contributed by atoms with Gasteiger partial charge in [0, 0.05) is 16.3 Å². The standard InChI is InChI=1S/C26H23NO2S3/c1-4-7-8-9-10-11-16-27-25(28)21-22(26(27)29)24(20-15-13-18(6-3)31-20)32-23(21)19-14-12-17(5-2)30-19/h2-3,12-15H,4,7-11,16H2,1H3. The zero-order valence-corrected chi connectivity index (χ0v) is 20.4. The molecule has 3 nitrogen and oxygen atoms in total. The third kappa shape index (κ3) is 4.19. The lowest BCUT2D eigenvalue weighted by molar-refractivity contribution is 0.0652. The number of unbranched alkanes of at least 4 members (excludes halogenated alkanes) is 5. The summed E-state index contributed by atoms with van der Waals surface area (Å²) < 4.78 is 0. The van der Waals surface area contributed by atoms with E-state index in [9.17, 15) is 9.59 Å². The van der Waals surface area contributed by atoms with Crippen LogP contribution in [-0.2, 0) is 0 Å².